The summed E-state index contributed by atoms with van der Waals surface area (Å²) in [4.78, 5) is 13.6. The predicted molar refractivity (Wildman–Crippen MR) is 143 cm³/mol. The first kappa shape index (κ1) is 24.9. The van der Waals surface area contributed by atoms with E-state index < -0.39 is 29.8 Å². The standard InChI is InChI=1S/C28H31N5O4/c1-28(2,36)19-13-23(27(35)26(19)34)33-22-14-24(31-17-10-11-29-25(12-17)37-3)30-15-18(22)21-9-8-16-6-4-5-7-20(16)32-21/h4-12,14-15,19,23,26-27,34-36H,13H2,1-3H3,(H2,29,30,31,33). The number of aromatic nitrogens is 3. The first-order valence-electron chi connectivity index (χ1n) is 12.2. The number of hydrogen-bond acceptors (Lipinski definition) is 9. The molecule has 3 aromatic heterocycles. The molecule has 1 fully saturated rings. The van der Waals surface area contributed by atoms with Gasteiger partial charge in [0.25, 0.3) is 0 Å². The number of fused-ring (bicyclic) bond motifs is 1. The fourth-order valence-electron chi connectivity index (χ4n) is 4.89. The monoisotopic (exact) mass is 501 g/mol. The van der Waals surface area contributed by atoms with Crippen LogP contribution in [0.15, 0.2) is 67.0 Å². The Bertz CT molecular complexity index is 1410. The number of nitrogens with one attached hydrogen (secondary N) is 2. The molecule has 0 amide bonds. The fraction of sp³-hybridized carbons (Fsp3) is 0.321. The molecule has 3 heterocycles. The highest BCUT2D eigenvalue weighted by atomic mass is 16.5. The van der Waals surface area contributed by atoms with Crippen molar-refractivity contribution in [1.29, 1.82) is 0 Å². The second-order valence-electron chi connectivity index (χ2n) is 9.94. The molecule has 4 aromatic rings. The number of hydrogen-bond donors (Lipinski definition) is 5. The Hall–Kier alpha value is -3.79. The van der Waals surface area contributed by atoms with E-state index in [9.17, 15) is 15.3 Å². The highest BCUT2D eigenvalue weighted by Crippen LogP contribution is 2.38. The van der Waals surface area contributed by atoms with Crippen LogP contribution in [0, 0.1) is 5.92 Å². The van der Waals surface area contributed by atoms with E-state index in [1.54, 1.807) is 45.5 Å². The summed E-state index contributed by atoms with van der Waals surface area (Å²) in [6, 6.07) is 16.7. The van der Waals surface area contributed by atoms with Crippen LogP contribution in [-0.4, -0.2) is 61.2 Å². The number of methoxy groups -OCH3 is 1. The molecule has 1 saturated carbocycles. The molecule has 9 nitrogen and oxygen atoms in total. The summed E-state index contributed by atoms with van der Waals surface area (Å²) >= 11 is 0. The van der Waals surface area contributed by atoms with Gasteiger partial charge in [0.1, 0.15) is 11.9 Å². The molecule has 4 unspecified atom stereocenters. The fourth-order valence-corrected chi connectivity index (χ4v) is 4.89. The van der Waals surface area contributed by atoms with Gasteiger partial charge >= 0.3 is 0 Å². The van der Waals surface area contributed by atoms with E-state index >= 15 is 0 Å². The third kappa shape index (κ3) is 5.20. The van der Waals surface area contributed by atoms with Gasteiger partial charge in [-0.1, -0.05) is 24.3 Å². The quantitative estimate of drug-likeness (QED) is 0.257. The summed E-state index contributed by atoms with van der Waals surface area (Å²) in [5, 5.41) is 39.7. The minimum atomic E-state index is -1.13. The van der Waals surface area contributed by atoms with Crippen LogP contribution in [-0.2, 0) is 0 Å². The lowest BCUT2D eigenvalue weighted by molar-refractivity contribution is -0.0601. The molecule has 9 heteroatoms. The lowest BCUT2D eigenvalue weighted by Gasteiger charge is -2.28. The van der Waals surface area contributed by atoms with Crippen LogP contribution in [0.3, 0.4) is 0 Å². The second-order valence-corrected chi connectivity index (χ2v) is 9.94. The number of rotatable bonds is 7. The minimum absolute atomic E-state index is 0.392. The summed E-state index contributed by atoms with van der Waals surface area (Å²) < 4.78 is 5.21. The van der Waals surface area contributed by atoms with E-state index in [1.807, 2.05) is 42.5 Å². The first-order valence-corrected chi connectivity index (χ1v) is 12.2. The minimum Gasteiger partial charge on any atom is -0.481 e. The largest absolute Gasteiger partial charge is 0.481 e. The average Bonchev–Trinajstić information content (AvgIpc) is 3.17. The van der Waals surface area contributed by atoms with Crippen LogP contribution in [0.25, 0.3) is 22.2 Å². The van der Waals surface area contributed by atoms with Crippen molar-refractivity contribution in [3.05, 3.63) is 67.0 Å². The van der Waals surface area contributed by atoms with Gasteiger partial charge in [-0.05, 0) is 38.5 Å². The van der Waals surface area contributed by atoms with Crippen LogP contribution in [0.4, 0.5) is 17.2 Å². The number of ether oxygens (including phenoxy) is 1. The zero-order valence-corrected chi connectivity index (χ0v) is 21.0. The maximum Gasteiger partial charge on any atom is 0.214 e. The molecule has 1 aliphatic rings. The van der Waals surface area contributed by atoms with Gasteiger partial charge in [0.2, 0.25) is 5.88 Å². The topological polar surface area (TPSA) is 133 Å². The van der Waals surface area contributed by atoms with Crippen LogP contribution in [0.2, 0.25) is 0 Å². The third-order valence-electron chi connectivity index (χ3n) is 6.93. The molecule has 5 N–H and O–H groups in total. The van der Waals surface area contributed by atoms with Crippen molar-refractivity contribution < 1.29 is 20.1 Å². The van der Waals surface area contributed by atoms with E-state index in [1.165, 1.54) is 0 Å². The van der Waals surface area contributed by atoms with Crippen LogP contribution in [0.1, 0.15) is 20.3 Å². The summed E-state index contributed by atoms with van der Waals surface area (Å²) in [5.41, 5.74) is 2.63. The van der Waals surface area contributed by atoms with E-state index in [2.05, 4.69) is 20.6 Å². The lowest BCUT2D eigenvalue weighted by Crippen LogP contribution is -2.40. The average molecular weight is 502 g/mol. The van der Waals surface area contributed by atoms with Gasteiger partial charge in [0.05, 0.1) is 36.1 Å². The van der Waals surface area contributed by atoms with Gasteiger partial charge in [0, 0.05) is 52.8 Å². The van der Waals surface area contributed by atoms with Crippen LogP contribution >= 0.6 is 0 Å². The van der Waals surface area contributed by atoms with Crippen molar-refractivity contribution in [1.82, 2.24) is 15.0 Å². The maximum atomic E-state index is 10.8. The normalized spacial score (nSPS) is 21.7. The summed E-state index contributed by atoms with van der Waals surface area (Å²) in [7, 11) is 1.56. The van der Waals surface area contributed by atoms with E-state index in [-0.39, 0.29) is 0 Å². The molecular weight excluding hydrogens is 470 g/mol. The molecule has 0 saturated heterocycles. The van der Waals surface area contributed by atoms with Crippen molar-refractivity contribution in [3.8, 4) is 17.1 Å². The molecule has 192 valence electrons. The smallest absolute Gasteiger partial charge is 0.214 e. The Kier molecular flexibility index (Phi) is 6.68. The molecule has 0 radical (unpaired) electrons. The number of pyridine rings is 3. The number of anilines is 3. The Labute approximate surface area is 215 Å². The highest BCUT2D eigenvalue weighted by Gasteiger charge is 2.47. The van der Waals surface area contributed by atoms with Gasteiger partial charge in [-0.25, -0.2) is 15.0 Å². The van der Waals surface area contributed by atoms with Crippen molar-refractivity contribution in [2.24, 2.45) is 5.92 Å². The molecule has 37 heavy (non-hydrogen) atoms. The van der Waals surface area contributed by atoms with Gasteiger partial charge < -0.3 is 30.7 Å². The first-order chi connectivity index (χ1) is 17.7. The zero-order valence-electron chi connectivity index (χ0n) is 21.0. The second kappa shape index (κ2) is 9.93. The van der Waals surface area contributed by atoms with Crippen molar-refractivity contribution >= 4 is 28.1 Å². The summed E-state index contributed by atoms with van der Waals surface area (Å²) in [6.07, 6.45) is 1.65. The summed E-state index contributed by atoms with van der Waals surface area (Å²) in [5.74, 6) is 0.555. The number of nitrogens with zero attached hydrogens (tertiary/aromatic N) is 3. The van der Waals surface area contributed by atoms with Crippen molar-refractivity contribution in [2.75, 3.05) is 17.7 Å². The van der Waals surface area contributed by atoms with Crippen molar-refractivity contribution in [3.63, 3.8) is 0 Å². The number of aliphatic hydroxyl groups excluding tert-OH is 2. The molecule has 5 rings (SSSR count). The van der Waals surface area contributed by atoms with Crippen LogP contribution < -0.4 is 15.4 Å². The molecule has 0 spiro atoms. The van der Waals surface area contributed by atoms with Crippen molar-refractivity contribution in [2.45, 2.75) is 44.1 Å². The Morgan fingerprint density at radius 2 is 1.81 bits per heavy atom. The summed E-state index contributed by atoms with van der Waals surface area (Å²) in [6.45, 7) is 3.30. The molecule has 4 atom stereocenters. The van der Waals surface area contributed by atoms with E-state index in [0.29, 0.717) is 23.8 Å². The number of para-hydroxylation sites is 1. The highest BCUT2D eigenvalue weighted by molar-refractivity contribution is 5.85. The predicted octanol–water partition coefficient (Wildman–Crippen LogP) is 3.74. The SMILES string of the molecule is COc1cc(Nc2cc(NC3CC(C(C)(C)O)C(O)C3O)c(-c3ccc4ccccc4n3)cn2)ccn1. The maximum absolute atomic E-state index is 10.8. The van der Waals surface area contributed by atoms with E-state index in [4.69, 9.17) is 9.72 Å². The van der Waals surface area contributed by atoms with Gasteiger partial charge in [-0.2, -0.15) is 0 Å². The molecule has 0 aliphatic heterocycles. The van der Waals surface area contributed by atoms with E-state index in [0.717, 1.165) is 27.8 Å². The zero-order chi connectivity index (χ0) is 26.2. The van der Waals surface area contributed by atoms with Crippen LogP contribution in [0.5, 0.6) is 5.88 Å². The van der Waals surface area contributed by atoms with Gasteiger partial charge in [-0.3, -0.25) is 0 Å². The Morgan fingerprint density at radius 1 is 1.00 bits per heavy atom. The molecule has 0 bridgehead atoms. The third-order valence-corrected chi connectivity index (χ3v) is 6.93. The molecular formula is C28H31N5O4. The van der Waals surface area contributed by atoms with Gasteiger partial charge in [-0.15, -0.1) is 0 Å². The Morgan fingerprint density at radius 3 is 2.57 bits per heavy atom. The Balaban J connectivity index is 1.52. The number of aliphatic hydroxyl groups is 3. The van der Waals surface area contributed by atoms with Gasteiger partial charge in [0.15, 0.2) is 0 Å². The molecule has 1 aliphatic carbocycles. The molecule has 1 aromatic carbocycles. The number of benzene rings is 1. The lowest BCUT2D eigenvalue weighted by atomic mass is 9.88.